The number of aryl methyl sites for hydroxylation is 1. The largest absolute Gasteiger partial charge is 0.465 e. The molecule has 1 aromatic carbocycles. The van der Waals surface area contributed by atoms with Gasteiger partial charge in [-0.2, -0.15) is 0 Å². The second-order valence-corrected chi connectivity index (χ2v) is 6.08. The first-order valence-electron chi connectivity index (χ1n) is 6.35. The van der Waals surface area contributed by atoms with E-state index in [1.807, 2.05) is 43.3 Å². The summed E-state index contributed by atoms with van der Waals surface area (Å²) in [6, 6.07) is 11.8. The van der Waals surface area contributed by atoms with Gasteiger partial charge in [0, 0.05) is 10.9 Å². The summed E-state index contributed by atoms with van der Waals surface area (Å²) in [6.45, 7) is 4.03. The molecule has 0 aliphatic rings. The smallest absolute Gasteiger partial charge is 0.119 e. The average Bonchev–Trinajstić information content (AvgIpc) is 2.83. The number of nitrogens with two attached hydrogens (primary N) is 1. The van der Waals surface area contributed by atoms with E-state index in [-0.39, 0.29) is 11.3 Å². The summed E-state index contributed by atoms with van der Waals surface area (Å²) < 4.78 is 5.74. The first kappa shape index (κ1) is 14.5. The standard InChI is InChI=1S/C15H18ClNOS/c1-3-12(17)15(13-9-8-10(2)18-13)19-14-7-5-4-6-11(14)16/h4-9,12,15H,3,17H2,1-2H3. The normalized spacial score (nSPS) is 14.3. The van der Waals surface area contributed by atoms with Crippen molar-refractivity contribution in [3.8, 4) is 0 Å². The molecule has 0 aliphatic heterocycles. The Balaban J connectivity index is 2.27. The third-order valence-electron chi connectivity index (χ3n) is 2.99. The second-order valence-electron chi connectivity index (χ2n) is 4.49. The van der Waals surface area contributed by atoms with Crippen LogP contribution >= 0.6 is 23.4 Å². The molecule has 2 unspecified atom stereocenters. The van der Waals surface area contributed by atoms with Gasteiger partial charge in [-0.05, 0) is 37.6 Å². The minimum atomic E-state index is 0.0341. The Hall–Kier alpha value is -0.900. The van der Waals surface area contributed by atoms with Crippen LogP contribution in [0, 0.1) is 6.92 Å². The first-order chi connectivity index (χ1) is 9.11. The average molecular weight is 296 g/mol. The van der Waals surface area contributed by atoms with Gasteiger partial charge in [-0.3, -0.25) is 0 Å². The van der Waals surface area contributed by atoms with E-state index in [1.54, 1.807) is 11.8 Å². The van der Waals surface area contributed by atoms with E-state index in [4.69, 9.17) is 21.8 Å². The van der Waals surface area contributed by atoms with E-state index in [0.717, 1.165) is 27.9 Å². The molecule has 0 bridgehead atoms. The van der Waals surface area contributed by atoms with E-state index in [9.17, 15) is 0 Å². The lowest BCUT2D eigenvalue weighted by molar-refractivity contribution is 0.454. The number of hydrogen-bond acceptors (Lipinski definition) is 3. The van der Waals surface area contributed by atoms with Crippen LogP contribution in [-0.4, -0.2) is 6.04 Å². The summed E-state index contributed by atoms with van der Waals surface area (Å²) in [5, 5.41) is 0.836. The summed E-state index contributed by atoms with van der Waals surface area (Å²) in [6.07, 6.45) is 0.891. The molecule has 2 atom stereocenters. The molecule has 0 aliphatic carbocycles. The maximum Gasteiger partial charge on any atom is 0.119 e. The maximum absolute atomic E-state index is 6.23. The SMILES string of the molecule is CCC(N)C(Sc1ccccc1Cl)c1ccc(C)o1. The summed E-state index contributed by atoms with van der Waals surface area (Å²) in [4.78, 5) is 1.03. The molecule has 0 amide bonds. The van der Waals surface area contributed by atoms with Gasteiger partial charge in [0.25, 0.3) is 0 Å². The van der Waals surface area contributed by atoms with Gasteiger partial charge in [0.05, 0.1) is 10.3 Å². The van der Waals surface area contributed by atoms with Crippen LogP contribution in [-0.2, 0) is 0 Å². The fraction of sp³-hybridized carbons (Fsp3) is 0.333. The third kappa shape index (κ3) is 3.56. The van der Waals surface area contributed by atoms with Crippen LogP contribution in [0.1, 0.15) is 30.1 Å². The molecule has 2 N–H and O–H groups in total. The van der Waals surface area contributed by atoms with Gasteiger partial charge >= 0.3 is 0 Å². The predicted octanol–water partition coefficient (Wildman–Crippen LogP) is 4.81. The molecule has 2 nitrogen and oxygen atoms in total. The lowest BCUT2D eigenvalue weighted by Crippen LogP contribution is -2.25. The van der Waals surface area contributed by atoms with Crippen LogP contribution in [0.25, 0.3) is 0 Å². The Morgan fingerprint density at radius 3 is 2.58 bits per heavy atom. The Labute approximate surface area is 123 Å². The Morgan fingerprint density at radius 1 is 1.26 bits per heavy atom. The summed E-state index contributed by atoms with van der Waals surface area (Å²) in [5.74, 6) is 1.82. The molecule has 0 spiro atoms. The Kier molecular flexibility index (Phi) is 4.97. The minimum Gasteiger partial charge on any atom is -0.465 e. The molecule has 0 saturated carbocycles. The van der Waals surface area contributed by atoms with Crippen molar-refractivity contribution in [3.05, 3.63) is 52.9 Å². The summed E-state index contributed by atoms with van der Waals surface area (Å²) >= 11 is 7.88. The zero-order chi connectivity index (χ0) is 13.8. The Bertz CT molecular complexity index is 540. The van der Waals surface area contributed by atoms with E-state index in [1.165, 1.54) is 0 Å². The van der Waals surface area contributed by atoms with E-state index in [2.05, 4.69) is 6.92 Å². The highest BCUT2D eigenvalue weighted by atomic mass is 35.5. The zero-order valence-corrected chi connectivity index (χ0v) is 12.7. The van der Waals surface area contributed by atoms with Gasteiger partial charge < -0.3 is 10.2 Å². The van der Waals surface area contributed by atoms with E-state index >= 15 is 0 Å². The van der Waals surface area contributed by atoms with Crippen molar-refractivity contribution in [2.75, 3.05) is 0 Å². The molecular formula is C15H18ClNOS. The molecule has 2 rings (SSSR count). The molecule has 1 aromatic heterocycles. The fourth-order valence-electron chi connectivity index (χ4n) is 1.85. The predicted molar refractivity (Wildman–Crippen MR) is 81.8 cm³/mol. The lowest BCUT2D eigenvalue weighted by atomic mass is 10.1. The number of furan rings is 1. The van der Waals surface area contributed by atoms with Crippen molar-refractivity contribution in [1.82, 2.24) is 0 Å². The number of rotatable bonds is 5. The van der Waals surface area contributed by atoms with Gasteiger partial charge in [0.15, 0.2) is 0 Å². The highest BCUT2D eigenvalue weighted by molar-refractivity contribution is 7.99. The number of thioether (sulfide) groups is 1. The summed E-state index contributed by atoms with van der Waals surface area (Å²) in [7, 11) is 0. The van der Waals surface area contributed by atoms with Crippen LogP contribution in [0.2, 0.25) is 5.02 Å². The van der Waals surface area contributed by atoms with E-state index in [0.29, 0.717) is 0 Å². The van der Waals surface area contributed by atoms with Crippen LogP contribution in [0.3, 0.4) is 0 Å². The van der Waals surface area contributed by atoms with Gasteiger partial charge in [0.1, 0.15) is 11.5 Å². The van der Waals surface area contributed by atoms with Crippen molar-refractivity contribution in [2.24, 2.45) is 5.73 Å². The van der Waals surface area contributed by atoms with Gasteiger partial charge in [0.2, 0.25) is 0 Å². The highest BCUT2D eigenvalue weighted by Crippen LogP contribution is 2.41. The highest BCUT2D eigenvalue weighted by Gasteiger charge is 2.23. The molecular weight excluding hydrogens is 278 g/mol. The molecule has 1 heterocycles. The monoisotopic (exact) mass is 295 g/mol. The van der Waals surface area contributed by atoms with Gasteiger partial charge in [-0.15, -0.1) is 11.8 Å². The molecule has 2 aromatic rings. The van der Waals surface area contributed by atoms with Gasteiger partial charge in [-0.25, -0.2) is 0 Å². The Morgan fingerprint density at radius 2 is 2.00 bits per heavy atom. The molecule has 19 heavy (non-hydrogen) atoms. The molecule has 0 saturated heterocycles. The first-order valence-corrected chi connectivity index (χ1v) is 7.60. The molecule has 0 radical (unpaired) electrons. The third-order valence-corrected chi connectivity index (χ3v) is 4.88. The number of halogens is 1. The van der Waals surface area contributed by atoms with Crippen LogP contribution in [0.4, 0.5) is 0 Å². The van der Waals surface area contributed by atoms with Crippen LogP contribution < -0.4 is 5.73 Å². The maximum atomic E-state index is 6.23. The van der Waals surface area contributed by atoms with E-state index < -0.39 is 0 Å². The van der Waals surface area contributed by atoms with Crippen molar-refractivity contribution in [3.63, 3.8) is 0 Å². The quantitative estimate of drug-likeness (QED) is 0.804. The lowest BCUT2D eigenvalue weighted by Gasteiger charge is -2.21. The second kappa shape index (κ2) is 6.51. The van der Waals surface area contributed by atoms with Crippen molar-refractivity contribution in [2.45, 2.75) is 36.5 Å². The molecule has 102 valence electrons. The van der Waals surface area contributed by atoms with Crippen LogP contribution in [0.5, 0.6) is 0 Å². The topological polar surface area (TPSA) is 39.2 Å². The molecule has 0 fully saturated rings. The fourth-order valence-corrected chi connectivity index (χ4v) is 3.34. The van der Waals surface area contributed by atoms with Crippen molar-refractivity contribution in [1.29, 1.82) is 0 Å². The minimum absolute atomic E-state index is 0.0341. The van der Waals surface area contributed by atoms with Crippen molar-refractivity contribution >= 4 is 23.4 Å². The van der Waals surface area contributed by atoms with Crippen molar-refractivity contribution < 1.29 is 4.42 Å². The number of hydrogen-bond donors (Lipinski definition) is 1. The van der Waals surface area contributed by atoms with Gasteiger partial charge in [-0.1, -0.05) is 30.7 Å². The summed E-state index contributed by atoms with van der Waals surface area (Å²) in [5.41, 5.74) is 6.23. The number of benzene rings is 1. The molecule has 4 heteroatoms. The van der Waals surface area contributed by atoms with Crippen LogP contribution in [0.15, 0.2) is 45.7 Å². The zero-order valence-electron chi connectivity index (χ0n) is 11.1.